The average Bonchev–Trinajstić information content (AvgIpc) is 2.64. The molecule has 6 heteroatoms. The first-order valence-electron chi connectivity index (χ1n) is 8.64. The van der Waals surface area contributed by atoms with Gasteiger partial charge in [0, 0.05) is 38.9 Å². The Morgan fingerprint density at radius 1 is 1.25 bits per heavy atom. The molecule has 2 rings (SSSR count). The molecule has 0 aliphatic carbocycles. The van der Waals surface area contributed by atoms with Crippen LogP contribution >= 0.6 is 0 Å². The van der Waals surface area contributed by atoms with Gasteiger partial charge in [-0.05, 0) is 25.1 Å². The van der Waals surface area contributed by atoms with Crippen LogP contribution < -0.4 is 15.5 Å². The number of anilines is 1. The van der Waals surface area contributed by atoms with Crippen LogP contribution in [0.5, 0.6) is 0 Å². The Kier molecular flexibility index (Phi) is 7.37. The van der Waals surface area contributed by atoms with Crippen LogP contribution in [0.15, 0.2) is 23.3 Å². The van der Waals surface area contributed by atoms with E-state index in [9.17, 15) is 0 Å². The third kappa shape index (κ3) is 5.43. The minimum absolute atomic E-state index is 0.465. The topological polar surface area (TPSA) is 55.8 Å². The van der Waals surface area contributed by atoms with Gasteiger partial charge in [-0.3, -0.25) is 0 Å². The molecule has 0 radical (unpaired) electrons. The third-order valence-electron chi connectivity index (χ3n) is 4.07. The summed E-state index contributed by atoms with van der Waals surface area (Å²) in [6.45, 7) is 11.5. The second-order valence-electron chi connectivity index (χ2n) is 5.70. The van der Waals surface area contributed by atoms with Crippen molar-refractivity contribution in [2.75, 3.05) is 50.7 Å². The molecular formula is C18H28N6. The summed E-state index contributed by atoms with van der Waals surface area (Å²) in [4.78, 5) is 13.9. The van der Waals surface area contributed by atoms with E-state index in [-0.39, 0.29) is 0 Å². The highest BCUT2D eigenvalue weighted by atomic mass is 15.3. The number of guanidine groups is 1. The summed E-state index contributed by atoms with van der Waals surface area (Å²) in [7, 11) is 0. The highest BCUT2D eigenvalue weighted by molar-refractivity contribution is 5.79. The number of aromatic nitrogens is 1. The van der Waals surface area contributed by atoms with E-state index in [0.29, 0.717) is 13.1 Å². The van der Waals surface area contributed by atoms with Gasteiger partial charge in [0.25, 0.3) is 0 Å². The number of hydrogen-bond donors (Lipinski definition) is 2. The minimum atomic E-state index is 0.465. The molecule has 1 aliphatic heterocycles. The van der Waals surface area contributed by atoms with Gasteiger partial charge in [-0.25, -0.2) is 9.98 Å². The summed E-state index contributed by atoms with van der Waals surface area (Å²) < 4.78 is 0. The van der Waals surface area contributed by atoms with E-state index in [0.717, 1.165) is 56.6 Å². The zero-order chi connectivity index (χ0) is 17.2. The van der Waals surface area contributed by atoms with Crippen molar-refractivity contribution in [3.05, 3.63) is 23.9 Å². The minimum Gasteiger partial charge on any atom is -0.357 e. The number of terminal acetylenes is 1. The van der Waals surface area contributed by atoms with Crippen LogP contribution in [-0.4, -0.2) is 61.7 Å². The van der Waals surface area contributed by atoms with Gasteiger partial charge in [0.1, 0.15) is 5.82 Å². The van der Waals surface area contributed by atoms with Crippen molar-refractivity contribution >= 4 is 11.8 Å². The fraction of sp³-hybridized carbons (Fsp3) is 0.556. The van der Waals surface area contributed by atoms with Crippen LogP contribution in [0, 0.1) is 12.3 Å². The van der Waals surface area contributed by atoms with Gasteiger partial charge in [-0.2, -0.15) is 0 Å². The van der Waals surface area contributed by atoms with E-state index in [1.54, 1.807) is 0 Å². The van der Waals surface area contributed by atoms with Crippen molar-refractivity contribution < 1.29 is 0 Å². The summed E-state index contributed by atoms with van der Waals surface area (Å²) in [6.07, 6.45) is 7.18. The molecule has 0 aromatic carbocycles. The van der Waals surface area contributed by atoms with Gasteiger partial charge in [0.05, 0.1) is 13.1 Å². The highest BCUT2D eigenvalue weighted by Gasteiger charge is 2.16. The lowest BCUT2D eigenvalue weighted by Crippen LogP contribution is -2.46. The smallest absolute Gasteiger partial charge is 0.192 e. The largest absolute Gasteiger partial charge is 0.357 e. The number of nitrogens with zero attached hydrogens (tertiary/aromatic N) is 4. The van der Waals surface area contributed by atoms with Crippen LogP contribution in [0.4, 0.5) is 5.82 Å². The van der Waals surface area contributed by atoms with Crippen LogP contribution in [0.1, 0.15) is 19.4 Å². The monoisotopic (exact) mass is 328 g/mol. The van der Waals surface area contributed by atoms with Gasteiger partial charge >= 0.3 is 0 Å². The second kappa shape index (κ2) is 9.78. The predicted octanol–water partition coefficient (Wildman–Crippen LogP) is 0.912. The molecule has 0 unspecified atom stereocenters. The number of aliphatic imine (C=N–C) groups is 1. The van der Waals surface area contributed by atoms with Gasteiger partial charge in [0.15, 0.2) is 5.96 Å². The molecule has 0 atom stereocenters. The Morgan fingerprint density at radius 3 is 2.62 bits per heavy atom. The van der Waals surface area contributed by atoms with Crippen molar-refractivity contribution in [1.82, 2.24) is 20.5 Å². The van der Waals surface area contributed by atoms with Gasteiger partial charge in [-0.15, -0.1) is 6.42 Å². The van der Waals surface area contributed by atoms with Gasteiger partial charge in [0.2, 0.25) is 0 Å². The summed E-state index contributed by atoms with van der Waals surface area (Å²) in [5, 5.41) is 6.25. The van der Waals surface area contributed by atoms with Crippen molar-refractivity contribution in [3.63, 3.8) is 0 Å². The maximum absolute atomic E-state index is 5.27. The molecule has 1 aromatic rings. The first kappa shape index (κ1) is 18.1. The lowest BCUT2D eigenvalue weighted by Gasteiger charge is -2.34. The van der Waals surface area contributed by atoms with Gasteiger partial charge in [-0.1, -0.05) is 18.9 Å². The lowest BCUT2D eigenvalue weighted by molar-refractivity contribution is 0.270. The molecule has 1 aromatic heterocycles. The second-order valence-corrected chi connectivity index (χ2v) is 5.70. The molecule has 6 nitrogen and oxygen atoms in total. The maximum Gasteiger partial charge on any atom is 0.192 e. The Balaban J connectivity index is 1.90. The van der Waals surface area contributed by atoms with Gasteiger partial charge < -0.3 is 20.4 Å². The first-order chi connectivity index (χ1) is 11.8. The molecule has 0 spiro atoms. The number of rotatable bonds is 6. The molecule has 0 amide bonds. The van der Waals surface area contributed by atoms with Crippen LogP contribution in [0.2, 0.25) is 0 Å². The molecule has 130 valence electrons. The zero-order valence-electron chi connectivity index (χ0n) is 14.8. The summed E-state index contributed by atoms with van der Waals surface area (Å²) in [5.74, 6) is 4.34. The number of pyridine rings is 1. The number of nitrogens with one attached hydrogen (secondary N) is 2. The molecule has 0 bridgehead atoms. The Hall–Kier alpha value is -2.26. The van der Waals surface area contributed by atoms with E-state index in [2.05, 4.69) is 55.4 Å². The van der Waals surface area contributed by atoms with Crippen molar-refractivity contribution in [2.45, 2.75) is 20.4 Å². The predicted molar refractivity (Wildman–Crippen MR) is 100 cm³/mol. The fourth-order valence-corrected chi connectivity index (χ4v) is 2.64. The normalized spacial score (nSPS) is 15.9. The standard InChI is InChI=1S/C18H28N6/c1-4-9-20-18(19-5-2)22-15-16-7-8-17(21-14-16)24-12-10-23(6-3)11-13-24/h1,7-8,14H,5-6,9-13,15H2,2-3H3,(H2,19,20,22). The average molecular weight is 328 g/mol. The van der Waals surface area contributed by atoms with Crippen molar-refractivity contribution in [1.29, 1.82) is 0 Å². The Morgan fingerprint density at radius 2 is 2.04 bits per heavy atom. The molecule has 1 fully saturated rings. The van der Waals surface area contributed by atoms with Crippen molar-refractivity contribution in [3.8, 4) is 12.3 Å². The van der Waals surface area contributed by atoms with Crippen LogP contribution in [0.3, 0.4) is 0 Å². The van der Waals surface area contributed by atoms with Crippen LogP contribution in [-0.2, 0) is 6.54 Å². The molecule has 2 N–H and O–H groups in total. The quantitative estimate of drug-likeness (QED) is 0.462. The third-order valence-corrected chi connectivity index (χ3v) is 4.07. The van der Waals surface area contributed by atoms with E-state index >= 15 is 0 Å². The van der Waals surface area contributed by atoms with E-state index in [1.165, 1.54) is 0 Å². The van der Waals surface area contributed by atoms with E-state index in [1.807, 2.05) is 13.1 Å². The van der Waals surface area contributed by atoms with Crippen molar-refractivity contribution in [2.24, 2.45) is 4.99 Å². The van der Waals surface area contributed by atoms with E-state index in [4.69, 9.17) is 6.42 Å². The summed E-state index contributed by atoms with van der Waals surface area (Å²) in [5.41, 5.74) is 1.09. The molecular weight excluding hydrogens is 300 g/mol. The highest BCUT2D eigenvalue weighted by Crippen LogP contribution is 2.14. The van der Waals surface area contributed by atoms with Crippen LogP contribution in [0.25, 0.3) is 0 Å². The summed E-state index contributed by atoms with van der Waals surface area (Å²) in [6, 6.07) is 4.19. The fourth-order valence-electron chi connectivity index (χ4n) is 2.64. The molecule has 1 aliphatic rings. The first-order valence-corrected chi connectivity index (χ1v) is 8.64. The maximum atomic E-state index is 5.27. The molecule has 0 saturated carbocycles. The number of piperazine rings is 1. The Labute approximate surface area is 145 Å². The number of hydrogen-bond acceptors (Lipinski definition) is 4. The zero-order valence-corrected chi connectivity index (χ0v) is 14.8. The molecule has 24 heavy (non-hydrogen) atoms. The lowest BCUT2D eigenvalue weighted by atomic mass is 10.2. The number of likely N-dealkylation sites (N-methyl/N-ethyl adjacent to an activating group) is 1. The molecule has 2 heterocycles. The molecule has 1 saturated heterocycles. The Bertz CT molecular complexity index is 552. The SMILES string of the molecule is C#CCNC(=NCc1ccc(N2CCN(CC)CC2)nc1)NCC. The summed E-state index contributed by atoms with van der Waals surface area (Å²) >= 11 is 0. The van der Waals surface area contributed by atoms with E-state index < -0.39 is 0 Å².